The van der Waals surface area contributed by atoms with E-state index in [0.717, 1.165) is 85.1 Å². The van der Waals surface area contributed by atoms with E-state index in [9.17, 15) is 19.2 Å². The van der Waals surface area contributed by atoms with Gasteiger partial charge in [0.15, 0.2) is 0 Å². The van der Waals surface area contributed by atoms with E-state index in [4.69, 9.17) is 5.73 Å². The second kappa shape index (κ2) is 16.7. The fraction of sp³-hybridized carbons (Fsp3) is 0.444. The van der Waals surface area contributed by atoms with Gasteiger partial charge < -0.3 is 20.4 Å². The standard InChI is InChI=1S/C45H52N6O4S/c46-43(54)42(33-4-2-1-3-5-33)38-13-8-34(29-47-38)39-14-11-36(56-39)28-41(53)51-22-16-31(17-23-51)30-49-24-18-45(19-25-49)20-26-50(27-21-45)35-9-6-32(7-10-35)37-12-15-40(52)48-44(37)55/h1-11,13-14,29,31,37,42H,12,15-28,30H2,(H2,46,54)(H,48,52,55). The number of carbonyl (C=O) groups is 4. The Morgan fingerprint density at radius 2 is 1.55 bits per heavy atom. The van der Waals surface area contributed by atoms with E-state index >= 15 is 0 Å². The maximum Gasteiger partial charge on any atom is 0.234 e. The van der Waals surface area contributed by atoms with Gasteiger partial charge in [0, 0.05) is 66.3 Å². The zero-order valence-corrected chi connectivity index (χ0v) is 32.9. The van der Waals surface area contributed by atoms with Crippen LogP contribution in [0.15, 0.2) is 85.1 Å². The van der Waals surface area contributed by atoms with Crippen LogP contribution in [0.4, 0.5) is 5.69 Å². The summed E-state index contributed by atoms with van der Waals surface area (Å²) in [7, 11) is 0. The number of carbonyl (C=O) groups excluding carboxylic acids is 4. The molecule has 11 heteroatoms. The molecule has 0 saturated carbocycles. The van der Waals surface area contributed by atoms with Crippen LogP contribution in [0.3, 0.4) is 0 Å². The molecule has 4 saturated heterocycles. The smallest absolute Gasteiger partial charge is 0.234 e. The fourth-order valence-electron chi connectivity index (χ4n) is 9.35. The van der Waals surface area contributed by atoms with E-state index in [1.165, 1.54) is 31.4 Å². The van der Waals surface area contributed by atoms with E-state index in [1.807, 2.05) is 48.5 Å². The van der Waals surface area contributed by atoms with Crippen molar-refractivity contribution >= 4 is 40.7 Å². The summed E-state index contributed by atoms with van der Waals surface area (Å²) in [5.41, 5.74) is 10.8. The van der Waals surface area contributed by atoms with Gasteiger partial charge >= 0.3 is 0 Å². The lowest BCUT2D eigenvalue weighted by molar-refractivity contribution is -0.134. The maximum absolute atomic E-state index is 13.4. The molecular weight excluding hydrogens is 721 g/mol. The van der Waals surface area contributed by atoms with Crippen molar-refractivity contribution in [2.24, 2.45) is 17.1 Å². The minimum atomic E-state index is -0.596. The molecule has 2 atom stereocenters. The van der Waals surface area contributed by atoms with E-state index < -0.39 is 11.8 Å². The molecule has 2 aromatic carbocycles. The quantitative estimate of drug-likeness (QED) is 0.186. The largest absolute Gasteiger partial charge is 0.371 e. The molecule has 3 N–H and O–H groups in total. The van der Waals surface area contributed by atoms with Gasteiger partial charge in [-0.15, -0.1) is 11.3 Å². The SMILES string of the molecule is NC(=O)C(c1ccccc1)c1ccc(-c2ccc(CC(=O)N3CCC(CN4CCC5(CC4)CCN(c4ccc(C6CCC(=O)NC6=O)cc4)CC5)CC3)s2)cn1. The molecule has 4 aliphatic rings. The van der Waals surface area contributed by atoms with Crippen molar-refractivity contribution in [1.29, 1.82) is 0 Å². The molecule has 4 aromatic rings. The third kappa shape index (κ3) is 8.59. The molecule has 56 heavy (non-hydrogen) atoms. The van der Waals surface area contributed by atoms with Gasteiger partial charge in [-0.25, -0.2) is 0 Å². The highest BCUT2D eigenvalue weighted by molar-refractivity contribution is 7.15. The number of imide groups is 1. The van der Waals surface area contributed by atoms with Gasteiger partial charge in [-0.2, -0.15) is 0 Å². The first-order valence-corrected chi connectivity index (χ1v) is 21.1. The number of benzene rings is 2. The molecule has 10 nitrogen and oxygen atoms in total. The van der Waals surface area contributed by atoms with Crippen molar-refractivity contribution in [3.8, 4) is 10.4 Å². The minimum absolute atomic E-state index is 0.173. The first-order chi connectivity index (χ1) is 27.2. The van der Waals surface area contributed by atoms with Crippen LogP contribution < -0.4 is 16.0 Å². The number of rotatable bonds is 10. The van der Waals surface area contributed by atoms with Crippen molar-refractivity contribution < 1.29 is 19.2 Å². The number of nitrogens with two attached hydrogens (primary N) is 1. The summed E-state index contributed by atoms with van der Waals surface area (Å²) in [4.78, 5) is 63.4. The lowest BCUT2D eigenvalue weighted by Gasteiger charge is -2.48. The van der Waals surface area contributed by atoms with Gasteiger partial charge in [0.1, 0.15) is 5.92 Å². The predicted molar refractivity (Wildman–Crippen MR) is 219 cm³/mol. The molecule has 4 amide bonds. The number of anilines is 1. The van der Waals surface area contributed by atoms with Crippen molar-refractivity contribution in [2.75, 3.05) is 50.7 Å². The van der Waals surface area contributed by atoms with Crippen LogP contribution in [-0.4, -0.2) is 84.2 Å². The highest BCUT2D eigenvalue weighted by Gasteiger charge is 2.38. The van der Waals surface area contributed by atoms with Crippen LogP contribution in [0, 0.1) is 11.3 Å². The predicted octanol–water partition coefficient (Wildman–Crippen LogP) is 6.11. The molecule has 4 fully saturated rings. The summed E-state index contributed by atoms with van der Waals surface area (Å²) in [6.07, 6.45) is 10.3. The highest BCUT2D eigenvalue weighted by atomic mass is 32.1. The molecule has 4 aliphatic heterocycles. The molecule has 6 heterocycles. The molecule has 8 rings (SSSR count). The Balaban J connectivity index is 0.753. The van der Waals surface area contributed by atoms with Crippen molar-refractivity contribution in [3.63, 3.8) is 0 Å². The van der Waals surface area contributed by atoms with Gasteiger partial charge in [0.05, 0.1) is 18.0 Å². The van der Waals surface area contributed by atoms with Crippen LogP contribution in [0.2, 0.25) is 0 Å². The Bertz CT molecular complexity index is 2010. The summed E-state index contributed by atoms with van der Waals surface area (Å²) < 4.78 is 0. The number of nitrogens with one attached hydrogen (secondary N) is 1. The Morgan fingerprint density at radius 1 is 0.839 bits per heavy atom. The molecular formula is C45H52N6O4S. The molecule has 1 spiro atoms. The average molecular weight is 773 g/mol. The monoisotopic (exact) mass is 772 g/mol. The zero-order chi connectivity index (χ0) is 38.6. The molecule has 0 bridgehead atoms. The van der Waals surface area contributed by atoms with E-state index in [0.29, 0.717) is 36.3 Å². The summed E-state index contributed by atoms with van der Waals surface area (Å²) in [6, 6.07) is 25.8. The fourth-order valence-corrected chi connectivity index (χ4v) is 10.3. The van der Waals surface area contributed by atoms with Crippen molar-refractivity contribution in [3.05, 3.63) is 107 Å². The number of hydrogen-bond donors (Lipinski definition) is 2. The molecule has 292 valence electrons. The molecule has 0 aliphatic carbocycles. The van der Waals surface area contributed by atoms with Crippen LogP contribution in [0.5, 0.6) is 0 Å². The first-order valence-electron chi connectivity index (χ1n) is 20.3. The first kappa shape index (κ1) is 38.0. The van der Waals surface area contributed by atoms with Gasteiger partial charge in [0.25, 0.3) is 0 Å². The minimum Gasteiger partial charge on any atom is -0.371 e. The summed E-state index contributed by atoms with van der Waals surface area (Å²) in [5, 5.41) is 2.48. The van der Waals surface area contributed by atoms with E-state index in [2.05, 4.69) is 55.3 Å². The number of piperidine rings is 4. The topological polar surface area (TPSA) is 129 Å². The number of aromatic nitrogens is 1. The Labute approximate surface area is 333 Å². The van der Waals surface area contributed by atoms with Gasteiger partial charge in [-0.3, -0.25) is 29.5 Å². The van der Waals surface area contributed by atoms with Crippen LogP contribution in [0.25, 0.3) is 10.4 Å². The van der Waals surface area contributed by atoms with Gasteiger partial charge in [0.2, 0.25) is 23.6 Å². The summed E-state index contributed by atoms with van der Waals surface area (Å²) >= 11 is 1.62. The van der Waals surface area contributed by atoms with Crippen molar-refractivity contribution in [1.82, 2.24) is 20.1 Å². The number of likely N-dealkylation sites (tertiary alicyclic amines) is 2. The molecule has 2 unspecified atom stereocenters. The third-order valence-electron chi connectivity index (χ3n) is 12.9. The zero-order valence-electron chi connectivity index (χ0n) is 32.0. The van der Waals surface area contributed by atoms with Crippen LogP contribution in [0.1, 0.15) is 84.9 Å². The lowest BCUT2D eigenvalue weighted by Crippen LogP contribution is -2.48. The van der Waals surface area contributed by atoms with Gasteiger partial charge in [-0.05, 0) is 111 Å². The van der Waals surface area contributed by atoms with E-state index in [1.54, 1.807) is 17.5 Å². The van der Waals surface area contributed by atoms with Gasteiger partial charge in [-0.1, -0.05) is 48.5 Å². The molecule has 0 radical (unpaired) electrons. The summed E-state index contributed by atoms with van der Waals surface area (Å²) in [6.45, 7) is 7.26. The Kier molecular flexibility index (Phi) is 11.3. The Morgan fingerprint density at radius 3 is 2.21 bits per heavy atom. The summed E-state index contributed by atoms with van der Waals surface area (Å²) in [5.74, 6) is -0.774. The van der Waals surface area contributed by atoms with Crippen LogP contribution in [-0.2, 0) is 25.6 Å². The number of nitrogens with zero attached hydrogens (tertiary/aromatic N) is 4. The number of amides is 4. The molecule has 2 aromatic heterocycles. The van der Waals surface area contributed by atoms with Crippen LogP contribution >= 0.6 is 11.3 Å². The number of primary amides is 1. The number of hydrogen-bond acceptors (Lipinski definition) is 8. The third-order valence-corrected chi connectivity index (χ3v) is 14.0. The highest BCUT2D eigenvalue weighted by Crippen LogP contribution is 2.43. The number of thiophene rings is 1. The normalized spacial score (nSPS) is 21.2. The second-order valence-corrected chi connectivity index (χ2v) is 17.5. The second-order valence-electron chi connectivity index (χ2n) is 16.4. The Hall–Kier alpha value is -4.87. The van der Waals surface area contributed by atoms with Crippen molar-refractivity contribution in [2.45, 2.75) is 69.6 Å². The number of pyridine rings is 1. The lowest BCUT2D eigenvalue weighted by atomic mass is 9.71. The average Bonchev–Trinajstić information content (AvgIpc) is 3.69. The maximum atomic E-state index is 13.4. The van der Waals surface area contributed by atoms with E-state index in [-0.39, 0.29) is 23.6 Å².